The lowest BCUT2D eigenvalue weighted by atomic mass is 10.3. The zero-order valence-electron chi connectivity index (χ0n) is 8.66. The second-order valence-corrected chi connectivity index (χ2v) is 4.93. The van der Waals surface area contributed by atoms with E-state index in [9.17, 15) is 8.42 Å². The van der Waals surface area contributed by atoms with E-state index in [4.69, 9.17) is 5.14 Å². The van der Waals surface area contributed by atoms with Crippen LogP contribution in [0, 0.1) is 6.92 Å². The van der Waals surface area contributed by atoms with Crippen LogP contribution in [0.5, 0.6) is 0 Å². The molecule has 0 fully saturated rings. The van der Waals surface area contributed by atoms with Crippen molar-refractivity contribution in [1.29, 1.82) is 0 Å². The normalized spacial score (nSPS) is 11.6. The van der Waals surface area contributed by atoms with Gasteiger partial charge in [0.25, 0.3) is 0 Å². The van der Waals surface area contributed by atoms with Crippen LogP contribution >= 0.6 is 0 Å². The van der Waals surface area contributed by atoms with E-state index in [1.807, 2.05) is 30.3 Å². The Morgan fingerprint density at radius 3 is 2.38 bits per heavy atom. The third kappa shape index (κ3) is 1.98. The predicted octanol–water partition coefficient (Wildman–Crippen LogP) is 0.828. The maximum atomic E-state index is 11.2. The maximum Gasteiger partial charge on any atom is 0.241 e. The van der Waals surface area contributed by atoms with Crippen molar-refractivity contribution in [3.8, 4) is 5.69 Å². The molecule has 0 amide bonds. The number of sulfonamides is 1. The van der Waals surface area contributed by atoms with E-state index in [0.717, 1.165) is 5.69 Å². The van der Waals surface area contributed by atoms with Gasteiger partial charge >= 0.3 is 0 Å². The van der Waals surface area contributed by atoms with Crippen LogP contribution in [0.3, 0.4) is 0 Å². The van der Waals surface area contributed by atoms with Gasteiger partial charge in [0.05, 0.1) is 17.6 Å². The van der Waals surface area contributed by atoms with Crippen molar-refractivity contribution in [3.63, 3.8) is 0 Å². The van der Waals surface area contributed by atoms with Gasteiger partial charge in [-0.25, -0.2) is 18.2 Å². The van der Waals surface area contributed by atoms with Gasteiger partial charge in [0, 0.05) is 0 Å². The minimum absolute atomic E-state index is 0.0522. The van der Waals surface area contributed by atoms with Crippen LogP contribution in [0.2, 0.25) is 0 Å². The quantitative estimate of drug-likeness (QED) is 0.840. The number of para-hydroxylation sites is 1. The van der Waals surface area contributed by atoms with Crippen LogP contribution in [-0.2, 0) is 10.0 Å². The van der Waals surface area contributed by atoms with Gasteiger partial charge in [0.2, 0.25) is 10.0 Å². The van der Waals surface area contributed by atoms with Gasteiger partial charge < -0.3 is 0 Å². The first-order valence-corrected chi connectivity index (χ1v) is 6.17. The molecular weight excluding hydrogens is 226 g/mol. The Balaban J connectivity index is 2.55. The summed E-state index contributed by atoms with van der Waals surface area (Å²) >= 11 is 0. The maximum absolute atomic E-state index is 11.2. The summed E-state index contributed by atoms with van der Waals surface area (Å²) in [5.74, 6) is 0. The van der Waals surface area contributed by atoms with Crippen molar-refractivity contribution in [3.05, 3.63) is 42.2 Å². The Morgan fingerprint density at radius 2 is 1.88 bits per heavy atom. The van der Waals surface area contributed by atoms with E-state index in [1.165, 1.54) is 10.9 Å². The van der Waals surface area contributed by atoms with E-state index in [2.05, 4.69) is 5.10 Å². The summed E-state index contributed by atoms with van der Waals surface area (Å²) in [5.41, 5.74) is 1.19. The molecule has 2 N–H and O–H groups in total. The molecule has 0 atom stereocenters. The molecule has 0 aliphatic rings. The van der Waals surface area contributed by atoms with Crippen molar-refractivity contribution in [1.82, 2.24) is 9.78 Å². The number of nitrogens with zero attached hydrogens (tertiary/aromatic N) is 2. The molecule has 0 spiro atoms. The molecule has 0 saturated carbocycles. The number of hydrogen-bond donors (Lipinski definition) is 1. The summed E-state index contributed by atoms with van der Waals surface area (Å²) in [5, 5.41) is 9.17. The lowest BCUT2D eigenvalue weighted by molar-refractivity contribution is 0.597. The van der Waals surface area contributed by atoms with Crippen LogP contribution in [0.15, 0.2) is 41.4 Å². The van der Waals surface area contributed by atoms with E-state index in [0.29, 0.717) is 5.69 Å². The number of rotatable bonds is 2. The minimum atomic E-state index is -3.70. The Bertz CT molecular complexity index is 602. The van der Waals surface area contributed by atoms with Crippen molar-refractivity contribution in [2.24, 2.45) is 5.14 Å². The Labute approximate surface area is 93.6 Å². The summed E-state index contributed by atoms with van der Waals surface area (Å²) in [6, 6.07) is 9.24. The molecule has 0 unspecified atom stereocenters. The van der Waals surface area contributed by atoms with Crippen molar-refractivity contribution >= 4 is 10.0 Å². The standard InChI is InChI=1S/C10H11N3O2S/c1-8-10(16(11,14)15)7-13(12-8)9-5-3-2-4-6-9/h2-7H,1H3,(H2,11,14,15). The summed E-state index contributed by atoms with van der Waals surface area (Å²) in [4.78, 5) is 0.0522. The molecule has 1 heterocycles. The molecule has 16 heavy (non-hydrogen) atoms. The lowest BCUT2D eigenvalue weighted by Gasteiger charge is -1.98. The highest BCUT2D eigenvalue weighted by atomic mass is 32.2. The molecule has 2 rings (SSSR count). The van der Waals surface area contributed by atoms with Crippen LogP contribution in [-0.4, -0.2) is 18.2 Å². The Hall–Kier alpha value is -1.66. The largest absolute Gasteiger partial charge is 0.241 e. The van der Waals surface area contributed by atoms with Gasteiger partial charge in [-0.1, -0.05) is 18.2 Å². The SMILES string of the molecule is Cc1nn(-c2ccccc2)cc1S(N)(=O)=O. The molecule has 6 heteroatoms. The van der Waals surface area contributed by atoms with E-state index < -0.39 is 10.0 Å². The molecule has 1 aromatic carbocycles. The van der Waals surface area contributed by atoms with Crippen LogP contribution in [0.25, 0.3) is 5.69 Å². The van der Waals surface area contributed by atoms with Crippen LogP contribution in [0.1, 0.15) is 5.69 Å². The van der Waals surface area contributed by atoms with E-state index >= 15 is 0 Å². The molecule has 0 saturated heterocycles. The first-order chi connectivity index (χ1) is 7.48. The minimum Gasteiger partial charge on any atom is -0.239 e. The predicted molar refractivity (Wildman–Crippen MR) is 59.7 cm³/mol. The number of primary sulfonamides is 1. The topological polar surface area (TPSA) is 78.0 Å². The lowest BCUT2D eigenvalue weighted by Crippen LogP contribution is -2.12. The summed E-state index contributed by atoms with van der Waals surface area (Å²) in [7, 11) is -3.70. The van der Waals surface area contributed by atoms with Gasteiger partial charge in [-0.3, -0.25) is 0 Å². The smallest absolute Gasteiger partial charge is 0.239 e. The van der Waals surface area contributed by atoms with Gasteiger partial charge in [0.15, 0.2) is 0 Å². The number of aryl methyl sites for hydroxylation is 1. The number of nitrogens with two attached hydrogens (primary N) is 1. The van der Waals surface area contributed by atoms with E-state index in [1.54, 1.807) is 6.92 Å². The third-order valence-corrected chi connectivity index (χ3v) is 3.19. The van der Waals surface area contributed by atoms with Gasteiger partial charge in [-0.2, -0.15) is 5.10 Å². The highest BCUT2D eigenvalue weighted by molar-refractivity contribution is 7.89. The van der Waals surface area contributed by atoms with Crippen molar-refractivity contribution in [2.75, 3.05) is 0 Å². The number of hydrogen-bond acceptors (Lipinski definition) is 3. The fourth-order valence-corrected chi connectivity index (χ4v) is 2.14. The fourth-order valence-electron chi connectivity index (χ4n) is 1.44. The third-order valence-electron chi connectivity index (χ3n) is 2.18. The molecule has 0 aliphatic heterocycles. The highest BCUT2D eigenvalue weighted by Crippen LogP contribution is 2.14. The Kier molecular flexibility index (Phi) is 2.53. The molecule has 0 aliphatic carbocycles. The molecule has 0 bridgehead atoms. The molecule has 1 aromatic heterocycles. The van der Waals surface area contributed by atoms with Crippen molar-refractivity contribution < 1.29 is 8.42 Å². The zero-order chi connectivity index (χ0) is 11.8. The Morgan fingerprint density at radius 1 is 1.25 bits per heavy atom. The second-order valence-electron chi connectivity index (χ2n) is 3.40. The monoisotopic (exact) mass is 237 g/mol. The van der Waals surface area contributed by atoms with E-state index in [-0.39, 0.29) is 4.90 Å². The molecule has 84 valence electrons. The van der Waals surface area contributed by atoms with Gasteiger partial charge in [-0.05, 0) is 19.1 Å². The molecule has 0 radical (unpaired) electrons. The average molecular weight is 237 g/mol. The van der Waals surface area contributed by atoms with Gasteiger partial charge in [0.1, 0.15) is 4.90 Å². The summed E-state index contributed by atoms with van der Waals surface area (Å²) < 4.78 is 23.9. The second kappa shape index (κ2) is 3.73. The first kappa shape index (κ1) is 10.8. The van der Waals surface area contributed by atoms with Gasteiger partial charge in [-0.15, -0.1) is 0 Å². The zero-order valence-corrected chi connectivity index (χ0v) is 9.48. The fraction of sp³-hybridized carbons (Fsp3) is 0.100. The molecule has 2 aromatic rings. The molecule has 5 nitrogen and oxygen atoms in total. The summed E-state index contributed by atoms with van der Waals surface area (Å²) in [6.07, 6.45) is 1.42. The number of aromatic nitrogens is 2. The number of benzene rings is 1. The highest BCUT2D eigenvalue weighted by Gasteiger charge is 2.15. The van der Waals surface area contributed by atoms with Crippen LogP contribution < -0.4 is 5.14 Å². The van der Waals surface area contributed by atoms with Crippen molar-refractivity contribution in [2.45, 2.75) is 11.8 Å². The van der Waals surface area contributed by atoms with Crippen LogP contribution in [0.4, 0.5) is 0 Å². The average Bonchev–Trinajstić information content (AvgIpc) is 2.61. The first-order valence-electron chi connectivity index (χ1n) is 4.63. The molecular formula is C10H11N3O2S. The summed E-state index contributed by atoms with van der Waals surface area (Å²) in [6.45, 7) is 1.61.